The summed E-state index contributed by atoms with van der Waals surface area (Å²) in [5.41, 5.74) is -0.929. The van der Waals surface area contributed by atoms with E-state index in [2.05, 4.69) is 35.1 Å². The number of alkyl carbamates (subject to hydrolysis) is 1. The van der Waals surface area contributed by atoms with Gasteiger partial charge >= 0.3 is 6.09 Å². The van der Waals surface area contributed by atoms with Crippen LogP contribution < -0.4 is 5.32 Å². The van der Waals surface area contributed by atoms with E-state index in [1.54, 1.807) is 0 Å². The Hall–Kier alpha value is -0.290. The molecule has 0 radical (unpaired) electrons. The van der Waals surface area contributed by atoms with Gasteiger partial charge in [0.15, 0.2) is 0 Å². The minimum absolute atomic E-state index is 0.128. The van der Waals surface area contributed by atoms with Gasteiger partial charge in [-0.15, -0.1) is 0 Å². The van der Waals surface area contributed by atoms with Crippen molar-refractivity contribution < 1.29 is 14.3 Å². The topological polar surface area (TPSA) is 47.6 Å². The van der Waals surface area contributed by atoms with Gasteiger partial charge in [0.05, 0.1) is 18.2 Å². The molecule has 0 saturated carbocycles. The number of rotatable bonds is 6. The second kappa shape index (κ2) is 7.48. The Kier molecular flexibility index (Phi) is 7.37. The van der Waals surface area contributed by atoms with Crippen LogP contribution in [-0.2, 0) is 9.47 Å². The monoisotopic (exact) mass is 337 g/mol. The summed E-state index contributed by atoms with van der Waals surface area (Å²) in [6.07, 6.45) is -0.288. The molecule has 0 aromatic rings. The molecule has 19 heavy (non-hydrogen) atoms. The third kappa shape index (κ3) is 8.47. The summed E-state index contributed by atoms with van der Waals surface area (Å²) < 4.78 is 11.2. The molecular weight excluding hydrogens is 310 g/mol. The first-order valence-corrected chi connectivity index (χ1v) is 7.82. The van der Waals surface area contributed by atoms with Crippen molar-refractivity contribution in [2.45, 2.75) is 65.8 Å². The molecule has 0 aromatic carbocycles. The number of carbonyl (C=O) groups is 1. The lowest BCUT2D eigenvalue weighted by molar-refractivity contribution is -0.0761. The fourth-order valence-corrected chi connectivity index (χ4v) is 1.61. The lowest BCUT2D eigenvalue weighted by atomic mass is 10.1. The minimum Gasteiger partial charge on any atom is -0.444 e. The number of halogens is 1. The molecule has 5 heteroatoms. The van der Waals surface area contributed by atoms with Crippen LogP contribution in [0.5, 0.6) is 0 Å². The zero-order chi connectivity index (χ0) is 15.3. The Morgan fingerprint density at radius 3 is 2.11 bits per heavy atom. The minimum atomic E-state index is -0.485. The van der Waals surface area contributed by atoms with Crippen LogP contribution in [0.1, 0.15) is 48.5 Å². The smallest absolute Gasteiger partial charge is 0.407 e. The van der Waals surface area contributed by atoms with Crippen LogP contribution in [0.3, 0.4) is 0 Å². The first-order valence-electron chi connectivity index (χ1n) is 6.70. The van der Waals surface area contributed by atoms with Crippen molar-refractivity contribution in [2.75, 3.05) is 11.9 Å². The number of hydrogen-bond donors (Lipinski definition) is 1. The summed E-state index contributed by atoms with van der Waals surface area (Å²) in [5.74, 6) is 0.430. The molecule has 1 N–H and O–H groups in total. The highest BCUT2D eigenvalue weighted by molar-refractivity contribution is 9.09. The first-order chi connectivity index (χ1) is 8.49. The van der Waals surface area contributed by atoms with Crippen LogP contribution in [0, 0.1) is 5.92 Å². The van der Waals surface area contributed by atoms with E-state index in [9.17, 15) is 4.79 Å². The maximum atomic E-state index is 11.6. The zero-order valence-corrected chi connectivity index (χ0v) is 14.8. The van der Waals surface area contributed by atoms with Crippen LogP contribution in [0.25, 0.3) is 0 Å². The van der Waals surface area contributed by atoms with E-state index < -0.39 is 17.3 Å². The molecule has 4 nitrogen and oxygen atoms in total. The van der Waals surface area contributed by atoms with Gasteiger partial charge in [0.25, 0.3) is 0 Å². The van der Waals surface area contributed by atoms with Gasteiger partial charge < -0.3 is 14.8 Å². The van der Waals surface area contributed by atoms with E-state index in [0.717, 1.165) is 0 Å². The third-order valence-electron chi connectivity index (χ3n) is 2.70. The lowest BCUT2D eigenvalue weighted by Crippen LogP contribution is -2.47. The van der Waals surface area contributed by atoms with E-state index in [0.29, 0.717) is 17.8 Å². The fraction of sp³-hybridized carbons (Fsp3) is 0.929. The molecule has 0 heterocycles. The highest BCUT2D eigenvalue weighted by Crippen LogP contribution is 2.19. The van der Waals surface area contributed by atoms with E-state index in [1.165, 1.54) is 0 Å². The maximum absolute atomic E-state index is 11.6. The molecule has 0 aliphatic rings. The number of nitrogens with one attached hydrogen (secondary N) is 1. The van der Waals surface area contributed by atoms with Gasteiger partial charge in [0, 0.05) is 5.33 Å². The van der Waals surface area contributed by atoms with Crippen LogP contribution in [-0.4, -0.2) is 35.3 Å². The Bertz CT molecular complexity index is 289. The zero-order valence-electron chi connectivity index (χ0n) is 13.2. The predicted molar refractivity (Wildman–Crippen MR) is 81.8 cm³/mol. The molecular formula is C14H28BrNO3. The highest BCUT2D eigenvalue weighted by Gasteiger charge is 2.29. The number of amides is 1. The standard InChI is InChI=1S/C14H28BrNO3/c1-10(2)11(3)18-14(7,8-15)9-16-12(17)19-13(4,5)6/h10-11H,8-9H2,1-7H3,(H,16,17). The summed E-state index contributed by atoms with van der Waals surface area (Å²) >= 11 is 3.44. The summed E-state index contributed by atoms with van der Waals surface area (Å²) in [6, 6.07) is 0. The number of ether oxygens (including phenoxy) is 2. The highest BCUT2D eigenvalue weighted by atomic mass is 79.9. The summed E-state index contributed by atoms with van der Waals surface area (Å²) in [6.45, 7) is 14.2. The Morgan fingerprint density at radius 1 is 1.21 bits per heavy atom. The molecule has 2 unspecified atom stereocenters. The SMILES string of the molecule is CC(C)C(C)OC(C)(CBr)CNC(=O)OC(C)(C)C. The molecule has 0 saturated heterocycles. The predicted octanol–water partition coefficient (Wildman–Crippen LogP) is 3.73. The lowest BCUT2D eigenvalue weighted by Gasteiger charge is -2.33. The average Bonchev–Trinajstić information content (AvgIpc) is 2.24. The molecule has 0 aromatic heterocycles. The van der Waals surface area contributed by atoms with E-state index in [4.69, 9.17) is 9.47 Å². The van der Waals surface area contributed by atoms with Crippen LogP contribution in [0.15, 0.2) is 0 Å². The van der Waals surface area contributed by atoms with Gasteiger partial charge in [0.1, 0.15) is 5.60 Å². The Balaban J connectivity index is 4.36. The number of hydrogen-bond acceptors (Lipinski definition) is 3. The molecule has 0 rings (SSSR count). The molecule has 0 spiro atoms. The molecule has 114 valence electrons. The van der Waals surface area contributed by atoms with Crippen LogP contribution >= 0.6 is 15.9 Å². The van der Waals surface area contributed by atoms with E-state index in [-0.39, 0.29) is 6.10 Å². The van der Waals surface area contributed by atoms with E-state index >= 15 is 0 Å². The quantitative estimate of drug-likeness (QED) is 0.751. The largest absolute Gasteiger partial charge is 0.444 e. The van der Waals surface area contributed by atoms with E-state index in [1.807, 2.05) is 34.6 Å². The van der Waals surface area contributed by atoms with Crippen LogP contribution in [0.2, 0.25) is 0 Å². The average molecular weight is 338 g/mol. The second-order valence-electron chi connectivity index (χ2n) is 6.51. The van der Waals surface area contributed by atoms with Gasteiger partial charge in [-0.2, -0.15) is 0 Å². The van der Waals surface area contributed by atoms with Crippen molar-refractivity contribution >= 4 is 22.0 Å². The van der Waals surface area contributed by atoms with Crippen molar-refractivity contribution in [3.63, 3.8) is 0 Å². The van der Waals surface area contributed by atoms with Crippen molar-refractivity contribution in [2.24, 2.45) is 5.92 Å². The summed E-state index contributed by atoms with van der Waals surface area (Å²) in [4.78, 5) is 11.6. The number of alkyl halides is 1. The molecule has 0 aliphatic carbocycles. The first kappa shape index (κ1) is 18.7. The third-order valence-corrected chi connectivity index (χ3v) is 3.88. The molecule has 0 fully saturated rings. The fourth-order valence-electron chi connectivity index (χ4n) is 1.28. The van der Waals surface area contributed by atoms with Gasteiger partial charge in [0.2, 0.25) is 0 Å². The Morgan fingerprint density at radius 2 is 1.74 bits per heavy atom. The normalized spacial score (nSPS) is 16.9. The van der Waals surface area contributed by atoms with Crippen LogP contribution in [0.4, 0.5) is 4.79 Å². The maximum Gasteiger partial charge on any atom is 0.407 e. The van der Waals surface area contributed by atoms with Gasteiger partial charge in [-0.1, -0.05) is 29.8 Å². The molecule has 0 bridgehead atoms. The summed E-state index contributed by atoms with van der Waals surface area (Å²) in [5, 5.41) is 3.40. The summed E-state index contributed by atoms with van der Waals surface area (Å²) in [7, 11) is 0. The van der Waals surface area contributed by atoms with Gasteiger partial charge in [-0.05, 0) is 40.5 Å². The molecule has 1 amide bonds. The van der Waals surface area contributed by atoms with Crippen molar-refractivity contribution in [1.29, 1.82) is 0 Å². The van der Waals surface area contributed by atoms with Crippen molar-refractivity contribution in [3.05, 3.63) is 0 Å². The number of carbonyl (C=O) groups excluding carboxylic acids is 1. The van der Waals surface area contributed by atoms with Gasteiger partial charge in [-0.25, -0.2) is 4.79 Å². The Labute approximate surface area is 125 Å². The molecule has 0 aliphatic heterocycles. The molecule has 2 atom stereocenters. The van der Waals surface area contributed by atoms with Gasteiger partial charge in [-0.3, -0.25) is 0 Å². The second-order valence-corrected chi connectivity index (χ2v) is 7.07. The van der Waals surface area contributed by atoms with Crippen molar-refractivity contribution in [3.8, 4) is 0 Å². The van der Waals surface area contributed by atoms with Crippen molar-refractivity contribution in [1.82, 2.24) is 5.32 Å².